The summed E-state index contributed by atoms with van der Waals surface area (Å²) in [5.41, 5.74) is 1.28. The molecule has 0 bridgehead atoms. The summed E-state index contributed by atoms with van der Waals surface area (Å²) in [6, 6.07) is 7.32. The number of nitroso groups, excluding NO2 is 1. The van der Waals surface area contributed by atoms with Gasteiger partial charge in [-0.25, -0.2) is 4.98 Å². The van der Waals surface area contributed by atoms with Crippen molar-refractivity contribution in [1.29, 1.82) is 5.26 Å². The van der Waals surface area contributed by atoms with Crippen LogP contribution in [0.15, 0.2) is 23.5 Å². The lowest BCUT2D eigenvalue weighted by Gasteiger charge is -2.33. The number of pyridine rings is 1. The fraction of sp³-hybridized carbons (Fsp3) is 0.333. The molecule has 5 nitrogen and oxygen atoms in total. The molecule has 0 N–H and O–H groups in total. The molecule has 5 heteroatoms. The van der Waals surface area contributed by atoms with E-state index in [9.17, 15) is 4.91 Å². The molecule has 1 saturated heterocycles. The highest BCUT2D eigenvalue weighted by Gasteiger charge is 2.29. The van der Waals surface area contributed by atoms with Crippen LogP contribution >= 0.6 is 0 Å². The topological polar surface area (TPSA) is 69.3 Å². The van der Waals surface area contributed by atoms with Gasteiger partial charge in [0.1, 0.15) is 11.8 Å². The second-order valence-corrected chi connectivity index (χ2v) is 3.21. The second kappa shape index (κ2) is 3.42. The molecule has 1 aliphatic heterocycles. The summed E-state index contributed by atoms with van der Waals surface area (Å²) >= 11 is 0. The van der Waals surface area contributed by atoms with Crippen molar-refractivity contribution >= 4 is 0 Å². The average molecular weight is 188 g/mol. The minimum Gasteiger partial charge on any atom is -0.259 e. The first-order valence-corrected chi connectivity index (χ1v) is 4.29. The number of nitrogens with zero attached hydrogens (tertiary/aromatic N) is 4. The van der Waals surface area contributed by atoms with E-state index >= 15 is 0 Å². The first-order chi connectivity index (χ1) is 6.83. The predicted octanol–water partition coefficient (Wildman–Crippen LogP) is 1.03. The lowest BCUT2D eigenvalue weighted by atomic mass is 9.97. The van der Waals surface area contributed by atoms with Gasteiger partial charge in [-0.1, -0.05) is 6.07 Å². The van der Waals surface area contributed by atoms with Gasteiger partial charge >= 0.3 is 0 Å². The fourth-order valence-electron chi connectivity index (χ4n) is 1.45. The number of hydrogen-bond acceptors (Lipinski definition) is 4. The first-order valence-electron chi connectivity index (χ1n) is 4.29. The Hall–Kier alpha value is -1.96. The largest absolute Gasteiger partial charge is 0.259 e. The van der Waals surface area contributed by atoms with Gasteiger partial charge in [-0.05, 0) is 12.1 Å². The van der Waals surface area contributed by atoms with Crippen molar-refractivity contribution in [2.24, 2.45) is 5.29 Å². The second-order valence-electron chi connectivity index (χ2n) is 3.21. The lowest BCUT2D eigenvalue weighted by Crippen LogP contribution is -2.41. The smallest absolute Gasteiger partial charge is 0.140 e. The third-order valence-corrected chi connectivity index (χ3v) is 2.28. The van der Waals surface area contributed by atoms with Gasteiger partial charge in [-0.15, -0.1) is 4.91 Å². The minimum atomic E-state index is 0.237. The number of nitriles is 1. The molecular weight excluding hydrogens is 180 g/mol. The normalized spacial score (nSPS) is 15.8. The van der Waals surface area contributed by atoms with E-state index < -0.39 is 0 Å². The summed E-state index contributed by atoms with van der Waals surface area (Å²) in [6.07, 6.45) is 0. The van der Waals surface area contributed by atoms with Gasteiger partial charge in [0.15, 0.2) is 0 Å². The molecule has 14 heavy (non-hydrogen) atoms. The van der Waals surface area contributed by atoms with Gasteiger partial charge < -0.3 is 0 Å². The number of hydrogen-bond donors (Lipinski definition) is 0. The molecular formula is C9H8N4O. The van der Waals surface area contributed by atoms with E-state index in [1.807, 2.05) is 12.1 Å². The third kappa shape index (κ3) is 1.42. The Morgan fingerprint density at radius 1 is 1.57 bits per heavy atom. The van der Waals surface area contributed by atoms with Crippen molar-refractivity contribution < 1.29 is 0 Å². The van der Waals surface area contributed by atoms with E-state index in [-0.39, 0.29) is 5.92 Å². The van der Waals surface area contributed by atoms with Crippen LogP contribution in [0.5, 0.6) is 0 Å². The zero-order valence-corrected chi connectivity index (χ0v) is 7.42. The number of rotatable bonds is 2. The van der Waals surface area contributed by atoms with E-state index in [0.717, 1.165) is 5.69 Å². The van der Waals surface area contributed by atoms with Crippen LogP contribution < -0.4 is 0 Å². The molecule has 0 amide bonds. The quantitative estimate of drug-likeness (QED) is 0.650. The summed E-state index contributed by atoms with van der Waals surface area (Å²) in [6.45, 7) is 1.21. The molecule has 0 atom stereocenters. The molecule has 0 saturated carbocycles. The summed E-state index contributed by atoms with van der Waals surface area (Å²) in [4.78, 5) is 14.2. The Morgan fingerprint density at radius 3 is 3.00 bits per heavy atom. The summed E-state index contributed by atoms with van der Waals surface area (Å²) in [7, 11) is 0. The van der Waals surface area contributed by atoms with E-state index in [1.165, 1.54) is 5.01 Å². The summed E-state index contributed by atoms with van der Waals surface area (Å²) in [5, 5.41) is 12.9. The average Bonchev–Trinajstić information content (AvgIpc) is 2.17. The molecule has 2 heterocycles. The highest BCUT2D eigenvalue weighted by molar-refractivity contribution is 5.25. The van der Waals surface area contributed by atoms with E-state index in [0.29, 0.717) is 18.8 Å². The van der Waals surface area contributed by atoms with Crippen LogP contribution in [0.2, 0.25) is 0 Å². The fourth-order valence-corrected chi connectivity index (χ4v) is 1.45. The maximum atomic E-state index is 10.1. The molecule has 1 aromatic heterocycles. The standard InChI is InChI=1S/C9H8N4O/c10-4-8-2-1-3-9(11-8)7-5-13(6-7)12-14/h1-3,7H,5-6H2. The van der Waals surface area contributed by atoms with Crippen LogP contribution in [0.3, 0.4) is 0 Å². The Kier molecular flexibility index (Phi) is 2.11. The van der Waals surface area contributed by atoms with Gasteiger partial charge in [0.2, 0.25) is 0 Å². The summed E-state index contributed by atoms with van der Waals surface area (Å²) < 4.78 is 0. The van der Waals surface area contributed by atoms with Crippen molar-refractivity contribution in [1.82, 2.24) is 9.99 Å². The Labute approximate surface area is 80.9 Å². The highest BCUT2D eigenvalue weighted by atomic mass is 16.3. The SMILES string of the molecule is N#Cc1cccc(C2CN(N=O)C2)n1. The molecule has 0 aromatic carbocycles. The molecule has 0 spiro atoms. The van der Waals surface area contributed by atoms with Crippen LogP contribution in [0.1, 0.15) is 17.3 Å². The van der Waals surface area contributed by atoms with Crippen molar-refractivity contribution in [2.45, 2.75) is 5.92 Å². The van der Waals surface area contributed by atoms with Gasteiger partial charge in [0.25, 0.3) is 0 Å². The van der Waals surface area contributed by atoms with Crippen molar-refractivity contribution in [3.8, 4) is 6.07 Å². The lowest BCUT2D eigenvalue weighted by molar-refractivity contribution is 0.150. The molecule has 0 aliphatic carbocycles. The van der Waals surface area contributed by atoms with Crippen molar-refractivity contribution in [3.63, 3.8) is 0 Å². The molecule has 1 aromatic rings. The zero-order chi connectivity index (χ0) is 9.97. The zero-order valence-electron chi connectivity index (χ0n) is 7.42. The van der Waals surface area contributed by atoms with Crippen LogP contribution in [-0.2, 0) is 0 Å². The van der Waals surface area contributed by atoms with Crippen molar-refractivity contribution in [2.75, 3.05) is 13.1 Å². The Bertz CT molecular complexity index is 392. The monoisotopic (exact) mass is 188 g/mol. The maximum absolute atomic E-state index is 10.1. The van der Waals surface area contributed by atoms with Crippen LogP contribution in [0, 0.1) is 16.2 Å². The molecule has 70 valence electrons. The minimum absolute atomic E-state index is 0.237. The third-order valence-electron chi connectivity index (χ3n) is 2.28. The van der Waals surface area contributed by atoms with Crippen LogP contribution in [0.25, 0.3) is 0 Å². The molecule has 1 fully saturated rings. The van der Waals surface area contributed by atoms with Crippen molar-refractivity contribution in [3.05, 3.63) is 34.5 Å². The van der Waals surface area contributed by atoms with Gasteiger partial charge in [-0.2, -0.15) is 5.26 Å². The number of aromatic nitrogens is 1. The van der Waals surface area contributed by atoms with E-state index in [2.05, 4.69) is 10.3 Å². The summed E-state index contributed by atoms with van der Waals surface area (Å²) in [5.74, 6) is 0.237. The van der Waals surface area contributed by atoms with E-state index in [4.69, 9.17) is 5.26 Å². The Balaban J connectivity index is 2.11. The maximum Gasteiger partial charge on any atom is 0.140 e. The van der Waals surface area contributed by atoms with Crippen LogP contribution in [0.4, 0.5) is 0 Å². The molecule has 2 rings (SSSR count). The Morgan fingerprint density at radius 2 is 2.36 bits per heavy atom. The first kappa shape index (κ1) is 8.63. The van der Waals surface area contributed by atoms with Crippen LogP contribution in [-0.4, -0.2) is 23.1 Å². The molecule has 0 radical (unpaired) electrons. The predicted molar refractivity (Wildman–Crippen MR) is 49.1 cm³/mol. The van der Waals surface area contributed by atoms with Gasteiger partial charge in [0, 0.05) is 24.7 Å². The highest BCUT2D eigenvalue weighted by Crippen LogP contribution is 2.25. The molecule has 1 aliphatic rings. The molecule has 0 unspecified atom stereocenters. The van der Waals surface area contributed by atoms with Gasteiger partial charge in [0.05, 0.1) is 5.29 Å². The van der Waals surface area contributed by atoms with Gasteiger partial charge in [-0.3, -0.25) is 5.01 Å². The van der Waals surface area contributed by atoms with E-state index in [1.54, 1.807) is 12.1 Å².